The van der Waals surface area contributed by atoms with Gasteiger partial charge in [-0.1, -0.05) is 0 Å². The summed E-state index contributed by atoms with van der Waals surface area (Å²) in [6, 6.07) is 3.45. The van der Waals surface area contributed by atoms with Gasteiger partial charge in [0.2, 0.25) is 5.91 Å². The van der Waals surface area contributed by atoms with Crippen LogP contribution in [0.25, 0.3) is 0 Å². The first-order valence-electron chi connectivity index (χ1n) is 6.32. The van der Waals surface area contributed by atoms with Crippen LogP contribution in [-0.4, -0.2) is 39.8 Å². The summed E-state index contributed by atoms with van der Waals surface area (Å²) < 4.78 is 1.52. The fourth-order valence-electron chi connectivity index (χ4n) is 1.69. The molecule has 2 aromatic heterocycles. The van der Waals surface area contributed by atoms with Crippen molar-refractivity contribution in [3.05, 3.63) is 36.5 Å². The van der Waals surface area contributed by atoms with Crippen molar-refractivity contribution < 1.29 is 4.79 Å². The predicted molar refractivity (Wildman–Crippen MR) is 75.1 cm³/mol. The monoisotopic (exact) mass is 274 g/mol. The molecule has 20 heavy (non-hydrogen) atoms. The predicted octanol–water partition coefficient (Wildman–Crippen LogP) is 0.616. The lowest BCUT2D eigenvalue weighted by Gasteiger charge is -2.14. The van der Waals surface area contributed by atoms with Crippen LogP contribution < -0.4 is 10.2 Å². The average molecular weight is 274 g/mol. The molecule has 0 saturated carbocycles. The number of amides is 1. The van der Waals surface area contributed by atoms with Crippen molar-refractivity contribution in [2.75, 3.05) is 19.0 Å². The summed E-state index contributed by atoms with van der Waals surface area (Å²) in [5.41, 5.74) is 1.00. The molecule has 1 N–H and O–H groups in total. The van der Waals surface area contributed by atoms with E-state index >= 15 is 0 Å². The summed E-state index contributed by atoms with van der Waals surface area (Å²) in [7, 11) is 3.86. The molecule has 2 rings (SSSR count). The maximum Gasteiger partial charge on any atom is 0.244 e. The van der Waals surface area contributed by atoms with E-state index in [1.54, 1.807) is 13.1 Å². The zero-order valence-corrected chi connectivity index (χ0v) is 11.8. The number of nitrogens with zero attached hydrogens (tertiary/aromatic N) is 5. The summed E-state index contributed by atoms with van der Waals surface area (Å²) in [6.07, 6.45) is 4.68. The molecule has 0 spiro atoms. The third kappa shape index (κ3) is 3.31. The summed E-state index contributed by atoms with van der Waals surface area (Å²) in [4.78, 5) is 22.0. The fourth-order valence-corrected chi connectivity index (χ4v) is 1.69. The van der Waals surface area contributed by atoms with Gasteiger partial charge in [-0.3, -0.25) is 4.79 Å². The Bertz CT molecular complexity index is 566. The fraction of sp³-hybridized carbons (Fsp3) is 0.385. The number of aromatic nitrogens is 4. The molecule has 0 unspecified atom stereocenters. The van der Waals surface area contributed by atoms with Gasteiger partial charge in [0.1, 0.15) is 24.5 Å². The van der Waals surface area contributed by atoms with E-state index in [1.807, 2.05) is 31.1 Å². The summed E-state index contributed by atoms with van der Waals surface area (Å²) in [5.74, 6) is 0.764. The smallest absolute Gasteiger partial charge is 0.244 e. The molecule has 0 fully saturated rings. The number of rotatable bonds is 5. The van der Waals surface area contributed by atoms with Crippen molar-refractivity contribution in [1.29, 1.82) is 0 Å². The highest BCUT2D eigenvalue weighted by atomic mass is 16.2. The minimum Gasteiger partial charge on any atom is -0.363 e. The van der Waals surface area contributed by atoms with Crippen LogP contribution in [0.5, 0.6) is 0 Å². The van der Waals surface area contributed by atoms with Crippen molar-refractivity contribution in [2.24, 2.45) is 0 Å². The molecule has 0 aliphatic rings. The quantitative estimate of drug-likeness (QED) is 0.865. The maximum atomic E-state index is 12.0. The number of hydrogen-bond acceptors (Lipinski definition) is 5. The lowest BCUT2D eigenvalue weighted by atomic mass is 10.2. The molecule has 7 heteroatoms. The van der Waals surface area contributed by atoms with E-state index in [4.69, 9.17) is 0 Å². The molecular weight excluding hydrogens is 256 g/mol. The SMILES string of the molecule is C[C@@H](C(=O)NCc1ccnc(N(C)C)c1)n1cncn1. The molecule has 106 valence electrons. The van der Waals surface area contributed by atoms with Gasteiger partial charge in [0, 0.05) is 26.8 Å². The minimum atomic E-state index is -0.382. The first-order chi connectivity index (χ1) is 9.58. The van der Waals surface area contributed by atoms with E-state index in [0.29, 0.717) is 6.54 Å². The zero-order chi connectivity index (χ0) is 14.5. The molecule has 1 atom stereocenters. The molecule has 0 aliphatic carbocycles. The van der Waals surface area contributed by atoms with E-state index < -0.39 is 0 Å². The highest BCUT2D eigenvalue weighted by Crippen LogP contribution is 2.10. The lowest BCUT2D eigenvalue weighted by molar-refractivity contribution is -0.124. The van der Waals surface area contributed by atoms with Gasteiger partial charge in [0.25, 0.3) is 0 Å². The first-order valence-corrected chi connectivity index (χ1v) is 6.32. The van der Waals surface area contributed by atoms with E-state index in [0.717, 1.165) is 11.4 Å². The Morgan fingerprint density at radius 3 is 2.95 bits per heavy atom. The number of nitrogens with one attached hydrogen (secondary N) is 1. The Morgan fingerprint density at radius 2 is 2.30 bits per heavy atom. The highest BCUT2D eigenvalue weighted by Gasteiger charge is 2.14. The standard InChI is InChI=1S/C13H18N6O/c1-10(19-9-14-8-17-19)13(20)16-7-11-4-5-15-12(6-11)18(2)3/h4-6,8-10H,7H2,1-3H3,(H,16,20)/t10-/m0/s1. The summed E-state index contributed by atoms with van der Waals surface area (Å²) in [6.45, 7) is 2.24. The third-order valence-electron chi connectivity index (χ3n) is 2.95. The van der Waals surface area contributed by atoms with Crippen LogP contribution in [0.1, 0.15) is 18.5 Å². The lowest BCUT2D eigenvalue weighted by Crippen LogP contribution is -2.30. The molecule has 0 aliphatic heterocycles. The number of anilines is 1. The van der Waals surface area contributed by atoms with Gasteiger partial charge >= 0.3 is 0 Å². The molecule has 2 aromatic rings. The van der Waals surface area contributed by atoms with Gasteiger partial charge in [0.15, 0.2) is 0 Å². The average Bonchev–Trinajstić information content (AvgIpc) is 2.98. The summed E-state index contributed by atoms with van der Waals surface area (Å²) in [5, 5.41) is 6.84. The van der Waals surface area contributed by atoms with Crippen LogP contribution in [0.2, 0.25) is 0 Å². The van der Waals surface area contributed by atoms with Crippen molar-refractivity contribution in [3.63, 3.8) is 0 Å². The Balaban J connectivity index is 1.95. The largest absolute Gasteiger partial charge is 0.363 e. The van der Waals surface area contributed by atoms with E-state index in [-0.39, 0.29) is 11.9 Å². The Labute approximate surface area is 117 Å². The third-order valence-corrected chi connectivity index (χ3v) is 2.95. The van der Waals surface area contributed by atoms with E-state index in [1.165, 1.54) is 17.3 Å². The summed E-state index contributed by atoms with van der Waals surface area (Å²) >= 11 is 0. The second-order valence-electron chi connectivity index (χ2n) is 4.69. The normalized spacial score (nSPS) is 11.9. The molecule has 0 saturated heterocycles. The number of pyridine rings is 1. The van der Waals surface area contributed by atoms with Gasteiger partial charge in [-0.15, -0.1) is 0 Å². The van der Waals surface area contributed by atoms with Crippen LogP contribution in [0.4, 0.5) is 5.82 Å². The number of hydrogen-bond donors (Lipinski definition) is 1. The Morgan fingerprint density at radius 1 is 1.50 bits per heavy atom. The Hall–Kier alpha value is -2.44. The van der Waals surface area contributed by atoms with E-state index in [9.17, 15) is 4.79 Å². The van der Waals surface area contributed by atoms with Crippen molar-refractivity contribution in [1.82, 2.24) is 25.1 Å². The van der Waals surface area contributed by atoms with Crippen LogP contribution in [0.15, 0.2) is 31.0 Å². The Kier molecular flexibility index (Phi) is 4.29. The number of carbonyl (C=O) groups excluding carboxylic acids is 1. The zero-order valence-electron chi connectivity index (χ0n) is 11.8. The molecular formula is C13H18N6O. The topological polar surface area (TPSA) is 75.9 Å². The van der Waals surface area contributed by atoms with Gasteiger partial charge in [-0.25, -0.2) is 14.6 Å². The van der Waals surface area contributed by atoms with E-state index in [2.05, 4.69) is 20.4 Å². The molecule has 2 heterocycles. The van der Waals surface area contributed by atoms with Crippen molar-refractivity contribution >= 4 is 11.7 Å². The maximum absolute atomic E-state index is 12.0. The minimum absolute atomic E-state index is 0.0984. The van der Waals surface area contributed by atoms with Crippen LogP contribution in [0.3, 0.4) is 0 Å². The first kappa shape index (κ1) is 14.0. The van der Waals surface area contributed by atoms with Gasteiger partial charge in [-0.05, 0) is 24.6 Å². The molecule has 1 amide bonds. The van der Waals surface area contributed by atoms with Crippen LogP contribution in [-0.2, 0) is 11.3 Å². The van der Waals surface area contributed by atoms with Gasteiger partial charge < -0.3 is 10.2 Å². The molecule has 0 aromatic carbocycles. The van der Waals surface area contributed by atoms with Gasteiger partial charge in [0.05, 0.1) is 0 Å². The second-order valence-corrected chi connectivity index (χ2v) is 4.69. The van der Waals surface area contributed by atoms with Crippen LogP contribution in [0, 0.1) is 0 Å². The molecule has 7 nitrogen and oxygen atoms in total. The second kappa shape index (κ2) is 6.14. The molecule has 0 bridgehead atoms. The number of carbonyl (C=O) groups is 1. The van der Waals surface area contributed by atoms with Gasteiger partial charge in [-0.2, -0.15) is 5.10 Å². The van der Waals surface area contributed by atoms with Crippen molar-refractivity contribution in [2.45, 2.75) is 19.5 Å². The highest BCUT2D eigenvalue weighted by molar-refractivity contribution is 5.79. The molecule has 0 radical (unpaired) electrons. The van der Waals surface area contributed by atoms with Crippen molar-refractivity contribution in [3.8, 4) is 0 Å². The van der Waals surface area contributed by atoms with Crippen LogP contribution >= 0.6 is 0 Å².